The van der Waals surface area contributed by atoms with Gasteiger partial charge in [0.15, 0.2) is 0 Å². The van der Waals surface area contributed by atoms with Crippen LogP contribution in [0.25, 0.3) is 0 Å². The first-order chi connectivity index (χ1) is 12.8. The van der Waals surface area contributed by atoms with Crippen LogP contribution in [0.5, 0.6) is 0 Å². The lowest BCUT2D eigenvalue weighted by Crippen LogP contribution is -2.60. The van der Waals surface area contributed by atoms with E-state index in [1.54, 1.807) is 6.92 Å². The van der Waals surface area contributed by atoms with E-state index in [1.165, 1.54) is 18.0 Å². The van der Waals surface area contributed by atoms with Gasteiger partial charge >= 0.3 is 6.18 Å². The van der Waals surface area contributed by atoms with Gasteiger partial charge in [0.1, 0.15) is 5.82 Å². The van der Waals surface area contributed by atoms with Crippen LogP contribution in [0.15, 0.2) is 18.2 Å². The van der Waals surface area contributed by atoms with Crippen LogP contribution in [0.4, 0.5) is 17.6 Å². The fourth-order valence-electron chi connectivity index (χ4n) is 3.33. The van der Waals surface area contributed by atoms with Crippen LogP contribution in [0, 0.1) is 11.7 Å². The maximum atomic E-state index is 13.2. The third kappa shape index (κ3) is 4.25. The van der Waals surface area contributed by atoms with Crippen molar-refractivity contribution in [2.45, 2.75) is 38.1 Å². The average molecular weight is 425 g/mol. The highest BCUT2D eigenvalue weighted by atomic mass is 35.5. The molecular weight excluding hydrogens is 404 g/mol. The molecule has 0 radical (unpaired) electrons. The van der Waals surface area contributed by atoms with Gasteiger partial charge in [0, 0.05) is 26.2 Å². The second-order valence-corrected chi connectivity index (χ2v) is 7.60. The maximum absolute atomic E-state index is 13.2. The van der Waals surface area contributed by atoms with E-state index in [1.807, 2.05) is 0 Å². The molecule has 0 saturated carbocycles. The fraction of sp³-hybridized carbons (Fsp3) is 0.556. The summed E-state index contributed by atoms with van der Waals surface area (Å²) in [6.45, 7) is 2.03. The molecule has 3 atom stereocenters. The zero-order valence-corrected chi connectivity index (χ0v) is 16.3. The Hall–Kier alpha value is -1.87. The summed E-state index contributed by atoms with van der Waals surface area (Å²) in [6.07, 6.45) is -4.86. The first-order valence-electron chi connectivity index (χ1n) is 8.58. The van der Waals surface area contributed by atoms with Crippen molar-refractivity contribution in [2.75, 3.05) is 20.1 Å². The van der Waals surface area contributed by atoms with Crippen molar-refractivity contribution in [1.29, 1.82) is 0 Å². The molecule has 10 heteroatoms. The van der Waals surface area contributed by atoms with Crippen LogP contribution < -0.4 is 0 Å². The molecule has 0 aliphatic carbocycles. The lowest BCUT2D eigenvalue weighted by molar-refractivity contribution is -0.251. The Morgan fingerprint density at radius 2 is 1.93 bits per heavy atom. The molecule has 1 aliphatic rings. The summed E-state index contributed by atoms with van der Waals surface area (Å²) in [4.78, 5) is 27.2. The minimum absolute atomic E-state index is 0.0432. The van der Waals surface area contributed by atoms with Crippen molar-refractivity contribution >= 4 is 23.4 Å². The molecule has 1 N–H and O–H groups in total. The number of likely N-dealkylation sites (tertiary alicyclic amines) is 1. The molecule has 0 spiro atoms. The number of aliphatic hydroxyl groups is 1. The molecule has 1 fully saturated rings. The molecule has 1 saturated heterocycles. The molecule has 2 rings (SSSR count). The van der Waals surface area contributed by atoms with Gasteiger partial charge in [0.05, 0.1) is 10.6 Å². The molecule has 2 amide bonds. The van der Waals surface area contributed by atoms with Crippen LogP contribution in [0.3, 0.4) is 0 Å². The number of halogens is 5. The first kappa shape index (κ1) is 22.4. The van der Waals surface area contributed by atoms with Gasteiger partial charge in [-0.3, -0.25) is 9.59 Å². The molecule has 1 aromatic carbocycles. The van der Waals surface area contributed by atoms with E-state index in [2.05, 4.69) is 0 Å². The first-order valence-corrected chi connectivity index (χ1v) is 8.96. The molecule has 2 unspecified atom stereocenters. The minimum atomic E-state index is -5.09. The summed E-state index contributed by atoms with van der Waals surface area (Å²) in [5.74, 6) is -2.80. The number of benzene rings is 1. The van der Waals surface area contributed by atoms with Crippen LogP contribution >= 0.6 is 11.6 Å². The molecular formula is C18H21ClF4N2O3. The van der Waals surface area contributed by atoms with Crippen LogP contribution in [0.1, 0.15) is 30.6 Å². The number of piperidine rings is 1. The number of hydrogen-bond acceptors (Lipinski definition) is 3. The van der Waals surface area contributed by atoms with Crippen LogP contribution in [0.2, 0.25) is 5.02 Å². The number of hydrogen-bond donors (Lipinski definition) is 1. The number of rotatable bonds is 3. The molecule has 28 heavy (non-hydrogen) atoms. The van der Waals surface area contributed by atoms with E-state index >= 15 is 0 Å². The normalized spacial score (nSPS) is 22.5. The topological polar surface area (TPSA) is 60.9 Å². The number of nitrogens with zero attached hydrogens (tertiary/aromatic N) is 2. The van der Waals surface area contributed by atoms with Gasteiger partial charge < -0.3 is 14.9 Å². The Morgan fingerprint density at radius 1 is 1.32 bits per heavy atom. The Balaban J connectivity index is 2.11. The zero-order chi connectivity index (χ0) is 21.4. The number of alkyl halides is 3. The zero-order valence-electron chi connectivity index (χ0n) is 15.6. The van der Waals surface area contributed by atoms with Gasteiger partial charge in [0.2, 0.25) is 5.60 Å². The average Bonchev–Trinajstić information content (AvgIpc) is 2.58. The van der Waals surface area contributed by atoms with Gasteiger partial charge in [-0.2, -0.15) is 13.2 Å². The second-order valence-electron chi connectivity index (χ2n) is 7.19. The fourth-order valence-corrected chi connectivity index (χ4v) is 3.57. The smallest absolute Gasteiger partial charge is 0.373 e. The Kier molecular flexibility index (Phi) is 6.30. The van der Waals surface area contributed by atoms with E-state index in [-0.39, 0.29) is 42.1 Å². The van der Waals surface area contributed by atoms with E-state index in [9.17, 15) is 32.3 Å². The Bertz CT molecular complexity index is 770. The van der Waals surface area contributed by atoms with Gasteiger partial charge in [0.25, 0.3) is 11.8 Å². The molecule has 0 bridgehead atoms. The van der Waals surface area contributed by atoms with Crippen LogP contribution in [-0.2, 0) is 4.79 Å². The highest BCUT2D eigenvalue weighted by Crippen LogP contribution is 2.33. The van der Waals surface area contributed by atoms with Gasteiger partial charge in [-0.1, -0.05) is 18.5 Å². The van der Waals surface area contributed by atoms with Gasteiger partial charge in [-0.15, -0.1) is 0 Å². The summed E-state index contributed by atoms with van der Waals surface area (Å²) in [7, 11) is 1.52. The summed E-state index contributed by atoms with van der Waals surface area (Å²) >= 11 is 5.93. The summed E-state index contributed by atoms with van der Waals surface area (Å²) in [5, 5.41) is 9.55. The lowest BCUT2D eigenvalue weighted by Gasteiger charge is -2.43. The van der Waals surface area contributed by atoms with E-state index < -0.39 is 29.4 Å². The largest absolute Gasteiger partial charge is 0.426 e. The summed E-state index contributed by atoms with van der Waals surface area (Å²) in [5.41, 5.74) is -3.36. The molecule has 1 heterocycles. The third-order valence-electron chi connectivity index (χ3n) is 5.09. The highest BCUT2D eigenvalue weighted by Gasteiger charge is 2.57. The number of carbonyl (C=O) groups excluding carboxylic acids is 2. The minimum Gasteiger partial charge on any atom is -0.373 e. The predicted molar refractivity (Wildman–Crippen MR) is 94.3 cm³/mol. The standard InChI is InChI=1S/C18H21ClF4N2O3/c1-10-9-25(16(27)17(2,28)18(21,22)23)7-6-14(10)24(3)15(26)12-5-4-11(20)8-13(12)19/h4-5,8,10,14,28H,6-7,9H2,1-3H3/t10?,14?,17-/m1/s1. The van der Waals surface area contributed by atoms with Gasteiger partial charge in [-0.25, -0.2) is 4.39 Å². The van der Waals surface area contributed by atoms with Crippen molar-refractivity contribution in [2.24, 2.45) is 5.92 Å². The van der Waals surface area contributed by atoms with Crippen molar-refractivity contribution in [3.05, 3.63) is 34.6 Å². The molecule has 5 nitrogen and oxygen atoms in total. The summed E-state index contributed by atoms with van der Waals surface area (Å²) < 4.78 is 51.9. The molecule has 1 aromatic rings. The summed E-state index contributed by atoms with van der Waals surface area (Å²) in [6, 6.07) is 3.03. The van der Waals surface area contributed by atoms with Crippen molar-refractivity contribution in [3.8, 4) is 0 Å². The number of carbonyl (C=O) groups is 2. The Labute approximate surface area is 164 Å². The van der Waals surface area contributed by atoms with Crippen LogP contribution in [-0.4, -0.2) is 64.7 Å². The SMILES string of the molecule is CC1CN(C(=O)[C@@](C)(O)C(F)(F)F)CCC1N(C)C(=O)c1ccc(F)cc1Cl. The van der Waals surface area contributed by atoms with E-state index in [4.69, 9.17) is 11.6 Å². The molecule has 1 aliphatic heterocycles. The third-order valence-corrected chi connectivity index (χ3v) is 5.41. The monoisotopic (exact) mass is 424 g/mol. The van der Waals surface area contributed by atoms with Gasteiger partial charge in [-0.05, 0) is 37.5 Å². The van der Waals surface area contributed by atoms with Crippen molar-refractivity contribution in [1.82, 2.24) is 9.80 Å². The van der Waals surface area contributed by atoms with Crippen molar-refractivity contribution in [3.63, 3.8) is 0 Å². The molecule has 156 valence electrons. The predicted octanol–water partition coefficient (Wildman–Crippen LogP) is 3.10. The highest BCUT2D eigenvalue weighted by molar-refractivity contribution is 6.33. The Morgan fingerprint density at radius 3 is 2.43 bits per heavy atom. The van der Waals surface area contributed by atoms with E-state index in [0.717, 1.165) is 17.0 Å². The van der Waals surface area contributed by atoms with Crippen molar-refractivity contribution < 1.29 is 32.3 Å². The maximum Gasteiger partial charge on any atom is 0.426 e. The number of amides is 2. The quantitative estimate of drug-likeness (QED) is 0.758. The van der Waals surface area contributed by atoms with E-state index in [0.29, 0.717) is 6.92 Å². The molecule has 0 aromatic heterocycles. The second kappa shape index (κ2) is 7.87. The lowest BCUT2D eigenvalue weighted by atomic mass is 9.90.